The van der Waals surface area contributed by atoms with Crippen LogP contribution < -0.4 is 11.1 Å². The van der Waals surface area contributed by atoms with E-state index in [1.54, 1.807) is 17.1 Å². The Morgan fingerprint density at radius 3 is 2.54 bits per heavy atom. The van der Waals surface area contributed by atoms with E-state index in [1.807, 2.05) is 49.4 Å². The molecule has 0 spiro atoms. The number of nitrogens with one attached hydrogen (secondary N) is 1. The predicted octanol–water partition coefficient (Wildman–Crippen LogP) is 4.20. The molecule has 3 heterocycles. The van der Waals surface area contributed by atoms with Crippen molar-refractivity contribution in [1.82, 2.24) is 24.6 Å². The molecule has 4 rings (SSSR count). The van der Waals surface area contributed by atoms with Crippen LogP contribution in [0.3, 0.4) is 0 Å². The van der Waals surface area contributed by atoms with Crippen LogP contribution in [0.15, 0.2) is 61.1 Å². The summed E-state index contributed by atoms with van der Waals surface area (Å²) in [6.45, 7) is 10.0. The molecule has 204 valence electrons. The van der Waals surface area contributed by atoms with Gasteiger partial charge in [-0.1, -0.05) is 56.0 Å². The summed E-state index contributed by atoms with van der Waals surface area (Å²) in [6, 6.07) is 14.3. The van der Waals surface area contributed by atoms with Crippen LogP contribution in [-0.2, 0) is 34.1 Å². The Morgan fingerprint density at radius 1 is 1.05 bits per heavy atom. The highest BCUT2D eigenvalue weighted by Gasteiger charge is 2.25. The van der Waals surface area contributed by atoms with Crippen LogP contribution in [0.1, 0.15) is 16.8 Å². The van der Waals surface area contributed by atoms with E-state index in [1.165, 1.54) is 11.1 Å². The van der Waals surface area contributed by atoms with Gasteiger partial charge in [0.1, 0.15) is 12.5 Å². The van der Waals surface area contributed by atoms with Gasteiger partial charge >= 0.3 is 11.8 Å². The van der Waals surface area contributed by atoms with E-state index in [-0.39, 0.29) is 25.6 Å². The molecule has 3 aromatic heterocycles. The molecule has 3 N–H and O–H groups in total. The third kappa shape index (κ3) is 7.27. The van der Waals surface area contributed by atoms with Crippen LogP contribution >= 0.6 is 0 Å². The minimum absolute atomic E-state index is 0.187. The Balaban J connectivity index is 1.56. The number of carbonyl (C=O) groups is 2. The predicted molar refractivity (Wildman–Crippen MR) is 154 cm³/mol. The van der Waals surface area contributed by atoms with Crippen molar-refractivity contribution in [2.24, 2.45) is 0 Å². The van der Waals surface area contributed by atoms with Crippen LogP contribution in [0, 0.1) is 6.92 Å². The second-order valence-electron chi connectivity index (χ2n) is 10.7. The lowest BCUT2D eigenvalue weighted by molar-refractivity contribution is -0.144. The van der Waals surface area contributed by atoms with Crippen LogP contribution in [0.5, 0.6) is 0 Å². The first-order chi connectivity index (χ1) is 18.6. The number of carbonyl (C=O) groups excluding carboxylic acids is 2. The third-order valence-corrected chi connectivity index (χ3v) is 8.02. The molecular weight excluding hydrogens is 510 g/mol. The van der Waals surface area contributed by atoms with E-state index in [2.05, 4.69) is 40.0 Å². The number of benzene rings is 1. The number of pyridine rings is 2. The lowest BCUT2D eigenvalue weighted by atomic mass is 10.1. The zero-order valence-corrected chi connectivity index (χ0v) is 23.8. The van der Waals surface area contributed by atoms with E-state index in [4.69, 9.17) is 10.5 Å². The molecule has 39 heavy (non-hydrogen) atoms. The van der Waals surface area contributed by atoms with E-state index in [0.717, 1.165) is 22.9 Å². The third-order valence-electron chi connectivity index (χ3n) is 6.32. The van der Waals surface area contributed by atoms with Crippen molar-refractivity contribution in [2.75, 3.05) is 17.7 Å². The summed E-state index contributed by atoms with van der Waals surface area (Å²) < 4.78 is 7.49. The summed E-state index contributed by atoms with van der Waals surface area (Å²) in [6.07, 6.45) is 4.70. The summed E-state index contributed by atoms with van der Waals surface area (Å²) in [5.41, 5.74) is 9.52. The second-order valence-corrected chi connectivity index (χ2v) is 16.3. The molecule has 0 bridgehead atoms. The molecule has 0 fully saturated rings. The fraction of sp³-hybridized carbons (Fsp3) is 0.321. The summed E-state index contributed by atoms with van der Waals surface area (Å²) in [5.74, 6) is -1.20. The molecule has 0 aliphatic rings. The number of anilines is 2. The summed E-state index contributed by atoms with van der Waals surface area (Å²) in [4.78, 5) is 36.9. The highest BCUT2D eigenvalue weighted by molar-refractivity contribution is 6.76. The highest BCUT2D eigenvalue weighted by Crippen LogP contribution is 2.27. The Labute approximate surface area is 229 Å². The summed E-state index contributed by atoms with van der Waals surface area (Å²) in [5, 5.41) is 7.70. The lowest BCUT2D eigenvalue weighted by Crippen LogP contribution is -2.39. The molecule has 0 atom stereocenters. The monoisotopic (exact) mass is 545 g/mol. The lowest BCUT2D eigenvalue weighted by Gasteiger charge is -2.23. The molecule has 10 nitrogen and oxygen atoms in total. The number of rotatable bonds is 10. The summed E-state index contributed by atoms with van der Waals surface area (Å²) >= 11 is 0. The van der Waals surface area contributed by atoms with Crippen molar-refractivity contribution in [1.29, 1.82) is 0 Å². The van der Waals surface area contributed by atoms with E-state index in [9.17, 15) is 9.59 Å². The molecule has 0 saturated heterocycles. The molecule has 0 aliphatic carbocycles. The number of nitrogen functional groups attached to an aromatic ring is 1. The number of ether oxygens (including phenoxy) is 1. The van der Waals surface area contributed by atoms with Crippen molar-refractivity contribution >= 4 is 42.3 Å². The molecule has 2 amide bonds. The van der Waals surface area contributed by atoms with Crippen molar-refractivity contribution in [3.63, 3.8) is 0 Å². The van der Waals surface area contributed by atoms with Crippen LogP contribution in [-0.4, -0.2) is 51.1 Å². The fourth-order valence-electron chi connectivity index (χ4n) is 4.03. The van der Waals surface area contributed by atoms with Gasteiger partial charge in [0.2, 0.25) is 0 Å². The molecule has 0 aliphatic heterocycles. The van der Waals surface area contributed by atoms with Crippen molar-refractivity contribution in [2.45, 2.75) is 52.4 Å². The zero-order chi connectivity index (χ0) is 28.0. The molecule has 4 aromatic rings. The minimum Gasteiger partial charge on any atom is -0.383 e. The molecular formula is C28H35N7O3Si. The van der Waals surface area contributed by atoms with E-state index in [0.29, 0.717) is 23.2 Å². The first-order valence-electron chi connectivity index (χ1n) is 12.8. The summed E-state index contributed by atoms with van der Waals surface area (Å²) in [7, 11) is -1.25. The number of aromatic nitrogens is 4. The Bertz CT molecular complexity index is 1450. The largest absolute Gasteiger partial charge is 0.383 e. The highest BCUT2D eigenvalue weighted by atomic mass is 28.3. The van der Waals surface area contributed by atoms with E-state index < -0.39 is 19.9 Å². The smallest absolute Gasteiger partial charge is 0.314 e. The number of nitrogens with zero attached hydrogens (tertiary/aromatic N) is 5. The SMILES string of the molecule is Cc1cccnc1CN(Cc1ccccc1)C(=O)C(=O)Nc1cnc(N)c2cnn(COCC[Si](C)(C)C)c12. The fourth-order valence-corrected chi connectivity index (χ4v) is 4.78. The maximum atomic E-state index is 13.5. The Hall–Kier alpha value is -4.09. The van der Waals surface area contributed by atoms with Crippen LogP contribution in [0.25, 0.3) is 10.9 Å². The van der Waals surface area contributed by atoms with Crippen LogP contribution in [0.2, 0.25) is 25.7 Å². The van der Waals surface area contributed by atoms with Gasteiger partial charge in [0.25, 0.3) is 0 Å². The van der Waals surface area contributed by atoms with Crippen LogP contribution in [0.4, 0.5) is 11.5 Å². The molecule has 0 saturated carbocycles. The maximum absolute atomic E-state index is 13.5. The average Bonchev–Trinajstić information content (AvgIpc) is 3.34. The van der Waals surface area contributed by atoms with Gasteiger partial charge in [0.15, 0.2) is 0 Å². The first-order valence-corrected chi connectivity index (χ1v) is 16.6. The topological polar surface area (TPSA) is 128 Å². The van der Waals surface area contributed by atoms with E-state index >= 15 is 0 Å². The number of nitrogens with two attached hydrogens (primary N) is 1. The second kappa shape index (κ2) is 12.2. The van der Waals surface area contributed by atoms with Gasteiger partial charge < -0.3 is 20.7 Å². The Morgan fingerprint density at radius 2 is 1.82 bits per heavy atom. The number of amides is 2. The normalized spacial score (nSPS) is 11.5. The average molecular weight is 546 g/mol. The standard InChI is InChI=1S/C28H35N7O3Si/c1-20-9-8-12-30-24(20)18-34(17-21-10-6-5-7-11-21)28(37)27(36)33-23-16-31-26(29)22-15-32-35(25(22)23)19-38-13-14-39(2,3)4/h5-12,15-16H,13-14,17-19H2,1-4H3,(H2,29,31)(H,33,36). The van der Waals surface area contributed by atoms with Crippen molar-refractivity contribution in [3.8, 4) is 0 Å². The number of aryl methyl sites for hydroxylation is 1. The molecule has 0 unspecified atom stereocenters. The molecule has 1 aromatic carbocycles. The maximum Gasteiger partial charge on any atom is 0.314 e. The van der Waals surface area contributed by atoms with Gasteiger partial charge in [-0.3, -0.25) is 14.6 Å². The quantitative estimate of drug-likeness (QED) is 0.174. The number of fused-ring (bicyclic) bond motifs is 1. The van der Waals surface area contributed by atoms with Gasteiger partial charge in [-0.05, 0) is 30.2 Å². The minimum atomic E-state index is -1.25. The zero-order valence-electron chi connectivity index (χ0n) is 22.8. The first kappa shape index (κ1) is 27.9. The van der Waals surface area contributed by atoms with Crippen molar-refractivity contribution < 1.29 is 14.3 Å². The molecule has 0 radical (unpaired) electrons. The van der Waals surface area contributed by atoms with Gasteiger partial charge in [-0.25, -0.2) is 9.67 Å². The molecule has 11 heteroatoms. The number of hydrogen-bond donors (Lipinski definition) is 2. The van der Waals surface area contributed by atoms with Crippen molar-refractivity contribution in [3.05, 3.63) is 77.9 Å². The van der Waals surface area contributed by atoms with Gasteiger partial charge in [0.05, 0.1) is 41.2 Å². The van der Waals surface area contributed by atoms with Gasteiger partial charge in [-0.2, -0.15) is 5.10 Å². The Kier molecular flexibility index (Phi) is 8.72. The van der Waals surface area contributed by atoms with Gasteiger partial charge in [-0.15, -0.1) is 0 Å². The number of hydrogen-bond acceptors (Lipinski definition) is 7. The van der Waals surface area contributed by atoms with Gasteiger partial charge in [0, 0.05) is 27.4 Å².